The van der Waals surface area contributed by atoms with Crippen molar-refractivity contribution in [3.63, 3.8) is 0 Å². The molecular weight excluding hydrogens is 198 g/mol. The zero-order valence-corrected chi connectivity index (χ0v) is 10.1. The van der Waals surface area contributed by atoms with Crippen molar-refractivity contribution < 1.29 is 4.74 Å². The van der Waals surface area contributed by atoms with E-state index >= 15 is 0 Å². The van der Waals surface area contributed by atoms with Gasteiger partial charge in [-0.05, 0) is 11.5 Å². The van der Waals surface area contributed by atoms with Crippen LogP contribution in [-0.2, 0) is 5.41 Å². The summed E-state index contributed by atoms with van der Waals surface area (Å²) >= 11 is 0. The maximum absolute atomic E-state index is 7.19. The van der Waals surface area contributed by atoms with E-state index in [1.807, 2.05) is 18.2 Å². The van der Waals surface area contributed by atoms with Crippen molar-refractivity contribution in [3.8, 4) is 5.75 Å². The Morgan fingerprint density at radius 2 is 2.12 bits per heavy atom. The van der Waals surface area contributed by atoms with Crippen LogP contribution in [0.2, 0.25) is 0 Å². The summed E-state index contributed by atoms with van der Waals surface area (Å²) < 4.78 is 5.59. The number of hydrogen-bond acceptors (Lipinski definition) is 1. The van der Waals surface area contributed by atoms with Gasteiger partial charge >= 0.3 is 0 Å². The van der Waals surface area contributed by atoms with Gasteiger partial charge in [0, 0.05) is 5.56 Å². The molecule has 0 aromatic heterocycles. The molecule has 0 saturated carbocycles. The SMILES string of the molecule is [C-]#[N+]c1cccc(OCC=C)c1C(C)(C)C. The van der Waals surface area contributed by atoms with Crippen molar-refractivity contribution in [1.29, 1.82) is 0 Å². The Balaban J connectivity index is 3.27. The van der Waals surface area contributed by atoms with Crippen LogP contribution in [0.15, 0.2) is 30.9 Å². The van der Waals surface area contributed by atoms with Gasteiger partial charge in [-0.1, -0.05) is 45.6 Å². The fourth-order valence-corrected chi connectivity index (χ4v) is 1.64. The monoisotopic (exact) mass is 215 g/mol. The van der Waals surface area contributed by atoms with E-state index in [9.17, 15) is 0 Å². The predicted octanol–water partition coefficient (Wildman–Crippen LogP) is 4.10. The first-order valence-corrected chi connectivity index (χ1v) is 5.25. The maximum Gasteiger partial charge on any atom is 0.194 e. The Labute approximate surface area is 97.4 Å². The third kappa shape index (κ3) is 2.64. The minimum Gasteiger partial charge on any atom is -0.491 e. The van der Waals surface area contributed by atoms with Crippen LogP contribution in [0.25, 0.3) is 4.85 Å². The van der Waals surface area contributed by atoms with E-state index in [0.29, 0.717) is 12.3 Å². The summed E-state index contributed by atoms with van der Waals surface area (Å²) in [6.07, 6.45) is 1.71. The van der Waals surface area contributed by atoms with Gasteiger partial charge in [0.25, 0.3) is 0 Å². The summed E-state index contributed by atoms with van der Waals surface area (Å²) in [4.78, 5) is 3.55. The maximum atomic E-state index is 7.19. The minimum absolute atomic E-state index is 0.0996. The molecule has 0 fully saturated rings. The van der Waals surface area contributed by atoms with Gasteiger partial charge in [0.1, 0.15) is 12.4 Å². The molecule has 0 amide bonds. The minimum atomic E-state index is -0.0996. The van der Waals surface area contributed by atoms with Crippen molar-refractivity contribution in [2.24, 2.45) is 0 Å². The highest BCUT2D eigenvalue weighted by molar-refractivity contribution is 5.61. The van der Waals surface area contributed by atoms with Crippen molar-refractivity contribution in [3.05, 3.63) is 47.8 Å². The zero-order valence-electron chi connectivity index (χ0n) is 10.1. The van der Waals surface area contributed by atoms with Gasteiger partial charge in [0.15, 0.2) is 5.69 Å². The molecule has 16 heavy (non-hydrogen) atoms. The summed E-state index contributed by atoms with van der Waals surface area (Å²) in [7, 11) is 0. The topological polar surface area (TPSA) is 13.6 Å². The Bertz CT molecular complexity index is 421. The lowest BCUT2D eigenvalue weighted by Crippen LogP contribution is -2.13. The van der Waals surface area contributed by atoms with Gasteiger partial charge in [-0.2, -0.15) is 0 Å². The second-order valence-corrected chi connectivity index (χ2v) is 4.61. The molecule has 2 heteroatoms. The first-order chi connectivity index (χ1) is 7.50. The number of ether oxygens (including phenoxy) is 1. The molecule has 0 aliphatic carbocycles. The van der Waals surface area contributed by atoms with E-state index in [1.54, 1.807) is 6.08 Å². The summed E-state index contributed by atoms with van der Waals surface area (Å²) in [6.45, 7) is 17.5. The molecular formula is C14H17NO. The normalized spacial score (nSPS) is 10.6. The Morgan fingerprint density at radius 1 is 1.44 bits per heavy atom. The number of nitrogens with zero attached hydrogens (tertiary/aromatic N) is 1. The quantitative estimate of drug-likeness (QED) is 0.546. The van der Waals surface area contributed by atoms with Gasteiger partial charge in [-0.3, -0.25) is 0 Å². The summed E-state index contributed by atoms with van der Waals surface area (Å²) in [5.74, 6) is 0.779. The molecule has 0 atom stereocenters. The van der Waals surface area contributed by atoms with Gasteiger partial charge < -0.3 is 4.74 Å². The first-order valence-electron chi connectivity index (χ1n) is 5.25. The highest BCUT2D eigenvalue weighted by atomic mass is 16.5. The lowest BCUT2D eigenvalue weighted by atomic mass is 9.85. The molecule has 0 spiro atoms. The van der Waals surface area contributed by atoms with E-state index in [-0.39, 0.29) is 5.41 Å². The van der Waals surface area contributed by atoms with Gasteiger partial charge in [0.05, 0.1) is 6.57 Å². The third-order valence-corrected chi connectivity index (χ3v) is 2.23. The van der Waals surface area contributed by atoms with Gasteiger partial charge in [0.2, 0.25) is 0 Å². The van der Waals surface area contributed by atoms with Crippen molar-refractivity contribution in [2.75, 3.05) is 6.61 Å². The average molecular weight is 215 g/mol. The predicted molar refractivity (Wildman–Crippen MR) is 67.1 cm³/mol. The molecule has 0 aliphatic rings. The number of rotatable bonds is 3. The fourth-order valence-electron chi connectivity index (χ4n) is 1.64. The molecule has 1 aromatic carbocycles. The molecule has 84 valence electrons. The smallest absolute Gasteiger partial charge is 0.194 e. The Hall–Kier alpha value is -1.75. The van der Waals surface area contributed by atoms with Crippen LogP contribution in [0, 0.1) is 6.57 Å². The molecule has 1 aromatic rings. The second-order valence-electron chi connectivity index (χ2n) is 4.61. The van der Waals surface area contributed by atoms with E-state index < -0.39 is 0 Å². The van der Waals surface area contributed by atoms with Crippen LogP contribution in [0.3, 0.4) is 0 Å². The summed E-state index contributed by atoms with van der Waals surface area (Å²) in [5, 5.41) is 0. The third-order valence-electron chi connectivity index (χ3n) is 2.23. The van der Waals surface area contributed by atoms with Crippen molar-refractivity contribution in [2.45, 2.75) is 26.2 Å². The highest BCUT2D eigenvalue weighted by Crippen LogP contribution is 2.38. The lowest BCUT2D eigenvalue weighted by molar-refractivity contribution is 0.351. The zero-order chi connectivity index (χ0) is 12.2. The molecule has 0 heterocycles. The van der Waals surface area contributed by atoms with E-state index in [4.69, 9.17) is 11.3 Å². The second kappa shape index (κ2) is 4.85. The first kappa shape index (κ1) is 12.3. The Morgan fingerprint density at radius 3 is 2.62 bits per heavy atom. The molecule has 0 saturated heterocycles. The molecule has 1 rings (SSSR count). The van der Waals surface area contributed by atoms with Crippen LogP contribution in [-0.4, -0.2) is 6.61 Å². The van der Waals surface area contributed by atoms with Crippen molar-refractivity contribution in [1.82, 2.24) is 0 Å². The lowest BCUT2D eigenvalue weighted by Gasteiger charge is -2.24. The standard InChI is InChI=1S/C14H17NO/c1-6-10-16-12-9-7-8-11(15-5)13(12)14(2,3)4/h6-9H,1,10H2,2-4H3. The van der Waals surface area contributed by atoms with E-state index in [0.717, 1.165) is 11.3 Å². The molecule has 0 N–H and O–H groups in total. The number of benzene rings is 1. The van der Waals surface area contributed by atoms with E-state index in [1.165, 1.54) is 0 Å². The molecule has 0 radical (unpaired) electrons. The van der Waals surface area contributed by atoms with Crippen LogP contribution in [0.1, 0.15) is 26.3 Å². The summed E-state index contributed by atoms with van der Waals surface area (Å²) in [5.41, 5.74) is 1.53. The average Bonchev–Trinajstić information content (AvgIpc) is 2.24. The Kier molecular flexibility index (Phi) is 3.73. The fraction of sp³-hybridized carbons (Fsp3) is 0.357. The van der Waals surface area contributed by atoms with Crippen molar-refractivity contribution >= 4 is 5.69 Å². The molecule has 2 nitrogen and oxygen atoms in total. The molecule has 0 aliphatic heterocycles. The molecule has 0 bridgehead atoms. The largest absolute Gasteiger partial charge is 0.491 e. The summed E-state index contributed by atoms with van der Waals surface area (Å²) in [6, 6.07) is 5.58. The van der Waals surface area contributed by atoms with Crippen LogP contribution < -0.4 is 4.74 Å². The van der Waals surface area contributed by atoms with E-state index in [2.05, 4.69) is 32.2 Å². The van der Waals surface area contributed by atoms with Crippen LogP contribution in [0.5, 0.6) is 5.75 Å². The number of hydrogen-bond donors (Lipinski definition) is 0. The van der Waals surface area contributed by atoms with Crippen LogP contribution in [0.4, 0.5) is 5.69 Å². The van der Waals surface area contributed by atoms with Gasteiger partial charge in [-0.15, -0.1) is 0 Å². The van der Waals surface area contributed by atoms with Crippen LogP contribution >= 0.6 is 0 Å². The highest BCUT2D eigenvalue weighted by Gasteiger charge is 2.22. The molecule has 0 unspecified atom stereocenters. The van der Waals surface area contributed by atoms with Gasteiger partial charge in [-0.25, -0.2) is 4.85 Å².